The predicted octanol–water partition coefficient (Wildman–Crippen LogP) is 4.03. The molecule has 0 bridgehead atoms. The standard InChI is InChI=1S/C39H39N5O8/c1-26(45)50-24-35-34(51-27(2)46)20-36(52-35)44-22-28(37(47)42-38(44)48)21-40-19-18-32-23-43(25-41-32)39(29-10-6-4-7-11-29,30-12-8-5-9-13-30)31-14-16-33(49-3)17-15-31/h4-17,21-23,25,34-36H,18-20,24H2,1-3H3,(H,42,47,48)/t34-,35+,36+/m0/s1. The number of H-pyrrole nitrogens is 1. The van der Waals surface area contributed by atoms with Crippen LogP contribution in [0.4, 0.5) is 0 Å². The van der Waals surface area contributed by atoms with Gasteiger partial charge in [0.25, 0.3) is 5.56 Å². The minimum atomic E-state index is -0.884. The maximum absolute atomic E-state index is 12.8. The van der Waals surface area contributed by atoms with Gasteiger partial charge in [0.2, 0.25) is 0 Å². The van der Waals surface area contributed by atoms with Gasteiger partial charge in [-0.1, -0.05) is 72.8 Å². The molecule has 0 radical (unpaired) electrons. The van der Waals surface area contributed by atoms with E-state index in [9.17, 15) is 19.2 Å². The Morgan fingerprint density at radius 1 is 0.942 bits per heavy atom. The predicted molar refractivity (Wildman–Crippen MR) is 192 cm³/mol. The van der Waals surface area contributed by atoms with Gasteiger partial charge in [0, 0.05) is 51.8 Å². The summed E-state index contributed by atoms with van der Waals surface area (Å²) in [5.74, 6) is -0.313. The van der Waals surface area contributed by atoms with Crippen LogP contribution in [0.3, 0.4) is 0 Å². The minimum absolute atomic E-state index is 0.112. The summed E-state index contributed by atoms with van der Waals surface area (Å²) in [6, 6.07) is 28.5. The van der Waals surface area contributed by atoms with E-state index >= 15 is 0 Å². The number of nitrogens with one attached hydrogen (secondary N) is 1. The Bertz CT molecular complexity index is 2100. The third-order valence-corrected chi connectivity index (χ3v) is 8.90. The molecule has 1 saturated heterocycles. The lowest BCUT2D eigenvalue weighted by molar-refractivity contribution is -0.155. The van der Waals surface area contributed by atoms with E-state index in [-0.39, 0.29) is 18.6 Å². The average Bonchev–Trinajstić information content (AvgIpc) is 3.78. The summed E-state index contributed by atoms with van der Waals surface area (Å²) in [7, 11) is 1.64. The van der Waals surface area contributed by atoms with E-state index in [1.807, 2.05) is 61.1 Å². The van der Waals surface area contributed by atoms with Gasteiger partial charge in [-0.3, -0.25) is 28.9 Å². The number of benzene rings is 3. The van der Waals surface area contributed by atoms with Crippen LogP contribution in [-0.4, -0.2) is 69.7 Å². The van der Waals surface area contributed by atoms with Gasteiger partial charge in [-0.25, -0.2) is 9.78 Å². The number of methoxy groups -OCH3 is 1. The van der Waals surface area contributed by atoms with Crippen LogP contribution in [-0.2, 0) is 35.8 Å². The SMILES string of the molecule is COc1ccc(C(c2ccccc2)(c2ccccc2)n2cnc(CCN=Cc3cn([C@H]4C[C@H](OC(C)=O)[C@@H](COC(C)=O)O4)c(=O)[nH]c3=O)c2)cc1. The van der Waals surface area contributed by atoms with Gasteiger partial charge < -0.3 is 23.5 Å². The Labute approximate surface area is 299 Å². The lowest BCUT2D eigenvalue weighted by atomic mass is 9.76. The largest absolute Gasteiger partial charge is 0.497 e. The van der Waals surface area contributed by atoms with Crippen molar-refractivity contribution >= 4 is 18.2 Å². The Morgan fingerprint density at radius 3 is 2.21 bits per heavy atom. The van der Waals surface area contributed by atoms with Crippen LogP contribution in [0, 0.1) is 0 Å². The lowest BCUT2D eigenvalue weighted by Gasteiger charge is -2.37. The molecule has 13 heteroatoms. The molecule has 1 fully saturated rings. The second kappa shape index (κ2) is 15.9. The first-order valence-corrected chi connectivity index (χ1v) is 16.8. The van der Waals surface area contributed by atoms with Gasteiger partial charge in [0.05, 0.1) is 24.7 Å². The summed E-state index contributed by atoms with van der Waals surface area (Å²) in [6.45, 7) is 2.65. The van der Waals surface area contributed by atoms with E-state index in [1.54, 1.807) is 7.11 Å². The van der Waals surface area contributed by atoms with Crippen LogP contribution in [0.2, 0.25) is 0 Å². The molecule has 3 aromatic carbocycles. The van der Waals surface area contributed by atoms with E-state index in [0.717, 1.165) is 28.1 Å². The van der Waals surface area contributed by atoms with Crippen molar-refractivity contribution in [1.29, 1.82) is 0 Å². The number of ether oxygens (including phenoxy) is 4. The highest BCUT2D eigenvalue weighted by Crippen LogP contribution is 2.41. The monoisotopic (exact) mass is 705 g/mol. The van der Waals surface area contributed by atoms with Crippen LogP contribution in [0.25, 0.3) is 0 Å². The minimum Gasteiger partial charge on any atom is -0.497 e. The molecule has 1 aliphatic heterocycles. The fourth-order valence-corrected chi connectivity index (χ4v) is 6.52. The van der Waals surface area contributed by atoms with Crippen molar-refractivity contribution in [3.63, 3.8) is 0 Å². The normalized spacial score (nSPS) is 17.2. The maximum atomic E-state index is 12.8. The zero-order valence-corrected chi connectivity index (χ0v) is 29.0. The second-order valence-electron chi connectivity index (χ2n) is 12.3. The quantitative estimate of drug-likeness (QED) is 0.109. The van der Waals surface area contributed by atoms with Gasteiger partial charge in [-0.15, -0.1) is 0 Å². The van der Waals surface area contributed by atoms with Gasteiger partial charge in [0.1, 0.15) is 36.3 Å². The molecule has 0 saturated carbocycles. The number of carbonyl (C=O) groups is 2. The summed E-state index contributed by atoms with van der Waals surface area (Å²) in [6.07, 6.45) is 4.73. The second-order valence-corrected chi connectivity index (χ2v) is 12.3. The van der Waals surface area contributed by atoms with E-state index in [2.05, 4.69) is 50.9 Å². The fourth-order valence-electron chi connectivity index (χ4n) is 6.52. The van der Waals surface area contributed by atoms with Crippen molar-refractivity contribution < 1.29 is 28.5 Å². The zero-order chi connectivity index (χ0) is 36.7. The van der Waals surface area contributed by atoms with Crippen molar-refractivity contribution in [2.75, 3.05) is 20.3 Å². The van der Waals surface area contributed by atoms with Gasteiger partial charge in [-0.05, 0) is 28.8 Å². The number of hydrogen-bond donors (Lipinski definition) is 1. The van der Waals surface area contributed by atoms with Crippen LogP contribution in [0.5, 0.6) is 5.75 Å². The number of aliphatic imine (C=N–C) groups is 1. The summed E-state index contributed by atoms with van der Waals surface area (Å²) in [4.78, 5) is 60.1. The van der Waals surface area contributed by atoms with E-state index < -0.39 is 47.2 Å². The molecule has 0 unspecified atom stereocenters. The van der Waals surface area contributed by atoms with Crippen molar-refractivity contribution in [3.05, 3.63) is 152 Å². The number of rotatable bonds is 13. The smallest absolute Gasteiger partial charge is 0.330 e. The van der Waals surface area contributed by atoms with E-state index in [1.165, 1.54) is 30.8 Å². The van der Waals surface area contributed by atoms with Gasteiger partial charge in [0.15, 0.2) is 0 Å². The Hall–Kier alpha value is -6.08. The number of nitrogens with zero attached hydrogens (tertiary/aromatic N) is 4. The Kier molecular flexibility index (Phi) is 10.9. The van der Waals surface area contributed by atoms with Gasteiger partial charge in [-0.2, -0.15) is 0 Å². The highest BCUT2D eigenvalue weighted by atomic mass is 16.6. The highest BCUT2D eigenvalue weighted by molar-refractivity contribution is 5.78. The van der Waals surface area contributed by atoms with Crippen molar-refractivity contribution in [1.82, 2.24) is 19.1 Å². The van der Waals surface area contributed by atoms with Crippen LogP contribution in [0.1, 0.15) is 54.4 Å². The molecule has 0 amide bonds. The maximum Gasteiger partial charge on any atom is 0.330 e. The molecule has 3 heterocycles. The van der Waals surface area contributed by atoms with Crippen molar-refractivity contribution in [2.45, 2.75) is 50.7 Å². The molecule has 268 valence electrons. The van der Waals surface area contributed by atoms with Crippen LogP contribution in [0.15, 0.2) is 118 Å². The molecule has 13 nitrogen and oxygen atoms in total. The zero-order valence-electron chi connectivity index (χ0n) is 29.0. The third-order valence-electron chi connectivity index (χ3n) is 8.90. The molecule has 1 aliphatic rings. The summed E-state index contributed by atoms with van der Waals surface area (Å²) < 4.78 is 25.1. The Morgan fingerprint density at radius 2 is 1.60 bits per heavy atom. The summed E-state index contributed by atoms with van der Waals surface area (Å²) >= 11 is 0. The number of aromatic amines is 1. The van der Waals surface area contributed by atoms with Crippen molar-refractivity contribution in [2.24, 2.45) is 4.99 Å². The molecular weight excluding hydrogens is 666 g/mol. The molecule has 2 aromatic heterocycles. The molecule has 6 rings (SSSR count). The molecule has 52 heavy (non-hydrogen) atoms. The molecule has 0 spiro atoms. The first-order valence-electron chi connectivity index (χ1n) is 16.8. The number of esters is 2. The molecule has 0 aliphatic carbocycles. The average molecular weight is 706 g/mol. The fraction of sp³-hybridized carbons (Fsp3) is 0.282. The van der Waals surface area contributed by atoms with Crippen LogP contribution < -0.4 is 16.0 Å². The number of imidazole rings is 1. The van der Waals surface area contributed by atoms with E-state index in [0.29, 0.717) is 13.0 Å². The Balaban J connectivity index is 1.24. The first kappa shape index (κ1) is 35.7. The number of hydrogen-bond acceptors (Lipinski definition) is 10. The molecule has 3 atom stereocenters. The summed E-state index contributed by atoms with van der Waals surface area (Å²) in [5, 5.41) is 0. The molecule has 1 N–H and O–H groups in total. The highest BCUT2D eigenvalue weighted by Gasteiger charge is 2.40. The third kappa shape index (κ3) is 7.64. The molecular formula is C39H39N5O8. The first-order chi connectivity index (χ1) is 25.2. The van der Waals surface area contributed by atoms with E-state index in [4.69, 9.17) is 23.9 Å². The number of carbonyl (C=O) groups excluding carboxylic acids is 2. The van der Waals surface area contributed by atoms with Crippen LogP contribution >= 0.6 is 0 Å². The van der Waals surface area contributed by atoms with Gasteiger partial charge >= 0.3 is 17.6 Å². The summed E-state index contributed by atoms with van der Waals surface area (Å²) in [5.41, 5.74) is 1.96. The number of aromatic nitrogens is 4. The topological polar surface area (TPSA) is 156 Å². The van der Waals surface area contributed by atoms with Crippen molar-refractivity contribution in [3.8, 4) is 5.75 Å². The molecule has 5 aromatic rings. The lowest BCUT2D eigenvalue weighted by Crippen LogP contribution is -2.37.